The van der Waals surface area contributed by atoms with Crippen LogP contribution in [-0.2, 0) is 9.53 Å². The molecule has 3 fully saturated rings. The van der Waals surface area contributed by atoms with Gasteiger partial charge in [0.1, 0.15) is 11.4 Å². The summed E-state index contributed by atoms with van der Waals surface area (Å²) in [6.45, 7) is 14.6. The van der Waals surface area contributed by atoms with Gasteiger partial charge in [-0.2, -0.15) is 0 Å². The van der Waals surface area contributed by atoms with E-state index in [0.29, 0.717) is 12.3 Å². The van der Waals surface area contributed by atoms with Crippen LogP contribution in [0.3, 0.4) is 0 Å². The van der Waals surface area contributed by atoms with Gasteiger partial charge in [0.2, 0.25) is 0 Å². The van der Waals surface area contributed by atoms with E-state index in [1.54, 1.807) is 6.08 Å². The Hall–Kier alpha value is -0.670. The molecule has 2 aliphatic carbocycles. The lowest BCUT2D eigenvalue weighted by atomic mass is 9.43. The van der Waals surface area contributed by atoms with Crippen molar-refractivity contribution in [3.05, 3.63) is 12.7 Å². The first kappa shape index (κ1) is 17.2. The largest absolute Gasteiger partial charge is 0.390 e. The quantitative estimate of drug-likeness (QED) is 0.746. The number of aliphatic hydroxyl groups excluding tert-OH is 1. The van der Waals surface area contributed by atoms with Gasteiger partial charge in [-0.05, 0) is 49.9 Å². The molecule has 1 saturated heterocycles. The standard InChI is InChI=1S/C20H32O3/c1-7-18(4)12-13(21)16-19(5)10-8-9-17(2,3)14(19)11-15(22)20(16,6)23-18/h7,14-16,22H,1,8-12H2,2-6H3/t14-,15+,16?,18-,19-,20+/m1/s1. The summed E-state index contributed by atoms with van der Waals surface area (Å²) in [5, 5.41) is 11.0. The minimum atomic E-state index is -0.809. The number of ether oxygens (including phenoxy) is 1. The van der Waals surface area contributed by atoms with E-state index in [1.165, 1.54) is 6.42 Å². The molecule has 0 radical (unpaired) electrons. The van der Waals surface area contributed by atoms with E-state index in [1.807, 2.05) is 13.8 Å². The zero-order chi connectivity index (χ0) is 17.3. The Morgan fingerprint density at radius 2 is 1.87 bits per heavy atom. The van der Waals surface area contributed by atoms with E-state index in [0.717, 1.165) is 19.3 Å². The number of carbonyl (C=O) groups excluding carboxylic acids is 1. The van der Waals surface area contributed by atoms with Gasteiger partial charge in [-0.15, -0.1) is 6.58 Å². The summed E-state index contributed by atoms with van der Waals surface area (Å²) in [4.78, 5) is 13.2. The number of ketones is 1. The Balaban J connectivity index is 2.09. The molecular weight excluding hydrogens is 288 g/mol. The lowest BCUT2D eigenvalue weighted by molar-refractivity contribution is -0.275. The van der Waals surface area contributed by atoms with Gasteiger partial charge in [-0.1, -0.05) is 33.3 Å². The third-order valence-electron chi connectivity index (χ3n) is 7.36. The minimum absolute atomic E-state index is 0.0880. The summed E-state index contributed by atoms with van der Waals surface area (Å²) in [5.41, 5.74) is -1.41. The van der Waals surface area contributed by atoms with Crippen molar-refractivity contribution in [2.24, 2.45) is 22.7 Å². The number of carbonyl (C=O) groups is 1. The molecule has 0 spiro atoms. The molecule has 23 heavy (non-hydrogen) atoms. The zero-order valence-electron chi connectivity index (χ0n) is 15.3. The van der Waals surface area contributed by atoms with Crippen LogP contribution in [-0.4, -0.2) is 28.2 Å². The van der Waals surface area contributed by atoms with E-state index >= 15 is 0 Å². The third kappa shape index (κ3) is 2.26. The second-order valence-corrected chi connectivity index (χ2v) is 9.53. The normalized spacial score (nSPS) is 52.4. The molecule has 1 unspecified atom stereocenters. The summed E-state index contributed by atoms with van der Waals surface area (Å²) in [6, 6.07) is 0. The molecule has 1 N–H and O–H groups in total. The number of hydrogen-bond acceptors (Lipinski definition) is 3. The summed E-state index contributed by atoms with van der Waals surface area (Å²) in [7, 11) is 0. The average Bonchev–Trinajstić information content (AvgIpc) is 2.40. The summed E-state index contributed by atoms with van der Waals surface area (Å²) in [5.74, 6) is 0.374. The van der Waals surface area contributed by atoms with Gasteiger partial charge in [0.15, 0.2) is 0 Å². The fraction of sp³-hybridized carbons (Fsp3) is 0.850. The van der Waals surface area contributed by atoms with Crippen molar-refractivity contribution in [1.82, 2.24) is 0 Å². The number of Topliss-reactive ketones (excluding diaryl/α,β-unsaturated/α-hetero) is 1. The number of rotatable bonds is 1. The Morgan fingerprint density at radius 1 is 1.22 bits per heavy atom. The van der Waals surface area contributed by atoms with E-state index in [-0.39, 0.29) is 22.5 Å². The van der Waals surface area contributed by atoms with Crippen LogP contribution in [0.2, 0.25) is 0 Å². The van der Waals surface area contributed by atoms with Gasteiger partial charge >= 0.3 is 0 Å². The highest BCUT2D eigenvalue weighted by molar-refractivity contribution is 5.85. The maximum absolute atomic E-state index is 13.2. The van der Waals surface area contributed by atoms with Crippen molar-refractivity contribution in [3.63, 3.8) is 0 Å². The van der Waals surface area contributed by atoms with Gasteiger partial charge in [0, 0.05) is 6.42 Å². The Bertz CT molecular complexity index is 539. The molecule has 2 saturated carbocycles. The van der Waals surface area contributed by atoms with E-state index in [9.17, 15) is 9.90 Å². The SMILES string of the molecule is C=C[C@]1(C)CC(=O)C2[C@]3(C)CCCC(C)(C)[C@H]3C[C@H](O)[C@]2(C)O1. The molecule has 3 aliphatic rings. The second kappa shape index (κ2) is 4.92. The summed E-state index contributed by atoms with van der Waals surface area (Å²) >= 11 is 0. The Kier molecular flexibility index (Phi) is 3.67. The van der Waals surface area contributed by atoms with Gasteiger partial charge in [0.05, 0.1) is 17.6 Å². The zero-order valence-corrected chi connectivity index (χ0v) is 15.3. The maximum atomic E-state index is 13.2. The number of aliphatic hydroxyl groups is 1. The molecule has 130 valence electrons. The highest BCUT2D eigenvalue weighted by Gasteiger charge is 2.67. The lowest BCUT2D eigenvalue weighted by Gasteiger charge is -2.65. The molecule has 3 rings (SSSR count). The van der Waals surface area contributed by atoms with Crippen LogP contribution in [0.15, 0.2) is 12.7 Å². The van der Waals surface area contributed by atoms with Gasteiger partial charge in [-0.3, -0.25) is 4.79 Å². The first-order valence-corrected chi connectivity index (χ1v) is 9.03. The highest BCUT2D eigenvalue weighted by Crippen LogP contribution is 2.64. The van der Waals surface area contributed by atoms with Crippen LogP contribution in [0.4, 0.5) is 0 Å². The predicted octanol–water partition coefficient (Wildman–Crippen LogP) is 3.89. The van der Waals surface area contributed by atoms with E-state index < -0.39 is 17.3 Å². The first-order valence-electron chi connectivity index (χ1n) is 9.03. The molecule has 6 atom stereocenters. The topological polar surface area (TPSA) is 46.5 Å². The van der Waals surface area contributed by atoms with Crippen LogP contribution in [0.1, 0.15) is 66.7 Å². The van der Waals surface area contributed by atoms with Gasteiger partial charge < -0.3 is 9.84 Å². The smallest absolute Gasteiger partial charge is 0.142 e. The van der Waals surface area contributed by atoms with Crippen molar-refractivity contribution in [2.45, 2.75) is 84.0 Å². The van der Waals surface area contributed by atoms with Crippen LogP contribution in [0.5, 0.6) is 0 Å². The molecule has 1 heterocycles. The van der Waals surface area contributed by atoms with E-state index in [2.05, 4.69) is 27.4 Å². The molecule has 3 heteroatoms. The Morgan fingerprint density at radius 3 is 2.48 bits per heavy atom. The fourth-order valence-electron chi connectivity index (χ4n) is 6.32. The van der Waals surface area contributed by atoms with Crippen LogP contribution < -0.4 is 0 Å². The highest BCUT2D eigenvalue weighted by atomic mass is 16.5. The van der Waals surface area contributed by atoms with Crippen molar-refractivity contribution >= 4 is 5.78 Å². The lowest BCUT2D eigenvalue weighted by Crippen LogP contribution is -2.70. The Labute approximate surface area is 140 Å². The van der Waals surface area contributed by atoms with Crippen molar-refractivity contribution in [3.8, 4) is 0 Å². The van der Waals surface area contributed by atoms with Crippen LogP contribution in [0, 0.1) is 22.7 Å². The average molecular weight is 320 g/mol. The van der Waals surface area contributed by atoms with Crippen LogP contribution in [0.25, 0.3) is 0 Å². The molecule has 3 nitrogen and oxygen atoms in total. The minimum Gasteiger partial charge on any atom is -0.390 e. The van der Waals surface area contributed by atoms with Crippen LogP contribution >= 0.6 is 0 Å². The molecule has 0 aromatic rings. The number of fused-ring (bicyclic) bond motifs is 3. The first-order chi connectivity index (χ1) is 10.5. The molecule has 0 bridgehead atoms. The fourth-order valence-corrected chi connectivity index (χ4v) is 6.32. The van der Waals surface area contributed by atoms with Crippen molar-refractivity contribution < 1.29 is 14.6 Å². The van der Waals surface area contributed by atoms with Gasteiger partial charge in [-0.25, -0.2) is 0 Å². The number of hydrogen-bond donors (Lipinski definition) is 1. The van der Waals surface area contributed by atoms with Crippen molar-refractivity contribution in [1.29, 1.82) is 0 Å². The monoisotopic (exact) mass is 320 g/mol. The van der Waals surface area contributed by atoms with E-state index in [4.69, 9.17) is 4.74 Å². The molecule has 0 aromatic heterocycles. The van der Waals surface area contributed by atoms with Gasteiger partial charge in [0.25, 0.3) is 0 Å². The third-order valence-corrected chi connectivity index (χ3v) is 7.36. The molecule has 0 aromatic carbocycles. The summed E-state index contributed by atoms with van der Waals surface area (Å²) in [6.07, 6.45) is 5.57. The molecular formula is C20H32O3. The second-order valence-electron chi connectivity index (χ2n) is 9.53. The van der Waals surface area contributed by atoms with Crippen molar-refractivity contribution in [2.75, 3.05) is 0 Å². The predicted molar refractivity (Wildman–Crippen MR) is 91.1 cm³/mol. The summed E-state index contributed by atoms with van der Waals surface area (Å²) < 4.78 is 6.39. The molecule has 1 aliphatic heterocycles. The molecule has 0 amide bonds. The maximum Gasteiger partial charge on any atom is 0.142 e.